The zero-order valence-corrected chi connectivity index (χ0v) is 11.9. The number of imidazole rings is 1. The average Bonchev–Trinajstić information content (AvgIpc) is 2.70. The van der Waals surface area contributed by atoms with Crippen LogP contribution < -0.4 is 5.73 Å². The van der Waals surface area contributed by atoms with Gasteiger partial charge in [-0.25, -0.2) is 4.98 Å². The van der Waals surface area contributed by atoms with Gasteiger partial charge in [-0.15, -0.1) is 0 Å². The topological polar surface area (TPSA) is 43.8 Å². The molecule has 4 aliphatic carbocycles. The highest BCUT2D eigenvalue weighted by atomic mass is 15.1. The minimum atomic E-state index is 0.430. The molecule has 1 heterocycles. The van der Waals surface area contributed by atoms with E-state index in [0.29, 0.717) is 12.0 Å². The van der Waals surface area contributed by atoms with Gasteiger partial charge in [-0.1, -0.05) is 0 Å². The maximum atomic E-state index is 5.69. The molecule has 4 saturated carbocycles. The summed E-state index contributed by atoms with van der Waals surface area (Å²) in [5.41, 5.74) is 7.51. The molecule has 0 saturated heterocycles. The van der Waals surface area contributed by atoms with Gasteiger partial charge in [0.05, 0.1) is 5.69 Å². The SMILES string of the molecule is Cn1cc(C23CC4CC(CC(C4)C2)C3)nc1CCN. The van der Waals surface area contributed by atoms with Gasteiger partial charge in [0.25, 0.3) is 0 Å². The molecule has 0 unspecified atom stereocenters. The molecule has 0 amide bonds. The molecule has 0 radical (unpaired) electrons. The average molecular weight is 259 g/mol. The molecule has 4 bridgehead atoms. The summed E-state index contributed by atoms with van der Waals surface area (Å²) in [6.07, 6.45) is 11.9. The van der Waals surface area contributed by atoms with E-state index in [0.717, 1.165) is 24.2 Å². The molecule has 0 spiro atoms. The third kappa shape index (κ3) is 1.78. The Hall–Kier alpha value is -0.830. The highest BCUT2D eigenvalue weighted by Gasteiger charge is 2.52. The van der Waals surface area contributed by atoms with E-state index in [1.165, 1.54) is 50.0 Å². The Morgan fingerprint density at radius 1 is 1.21 bits per heavy atom. The lowest BCUT2D eigenvalue weighted by atomic mass is 9.49. The molecule has 5 rings (SSSR count). The van der Waals surface area contributed by atoms with Crippen LogP contribution in [-0.2, 0) is 18.9 Å². The molecule has 2 N–H and O–H groups in total. The van der Waals surface area contributed by atoms with E-state index < -0.39 is 0 Å². The Balaban J connectivity index is 1.69. The standard InChI is InChI=1S/C16H25N3/c1-19-10-14(18-15(19)2-3-17)16-7-11-4-12(8-16)6-13(5-11)9-16/h10-13H,2-9,17H2,1H3. The van der Waals surface area contributed by atoms with Gasteiger partial charge >= 0.3 is 0 Å². The lowest BCUT2D eigenvalue weighted by molar-refractivity contribution is -0.00709. The Kier molecular flexibility index (Phi) is 2.57. The van der Waals surface area contributed by atoms with Crippen LogP contribution in [-0.4, -0.2) is 16.1 Å². The predicted molar refractivity (Wildman–Crippen MR) is 75.8 cm³/mol. The van der Waals surface area contributed by atoms with E-state index in [2.05, 4.69) is 17.8 Å². The van der Waals surface area contributed by atoms with Crippen LogP contribution in [0.1, 0.15) is 50.0 Å². The highest BCUT2D eigenvalue weighted by Crippen LogP contribution is 2.60. The molecule has 1 aromatic rings. The van der Waals surface area contributed by atoms with Gasteiger partial charge in [0, 0.05) is 25.1 Å². The van der Waals surface area contributed by atoms with Gasteiger partial charge in [-0.2, -0.15) is 0 Å². The molecule has 4 fully saturated rings. The van der Waals surface area contributed by atoms with Crippen LogP contribution >= 0.6 is 0 Å². The van der Waals surface area contributed by atoms with Crippen molar-refractivity contribution in [2.24, 2.45) is 30.5 Å². The molecule has 19 heavy (non-hydrogen) atoms. The molecule has 0 atom stereocenters. The zero-order chi connectivity index (χ0) is 13.0. The number of nitrogens with two attached hydrogens (primary N) is 1. The summed E-state index contributed by atoms with van der Waals surface area (Å²) >= 11 is 0. The second kappa shape index (κ2) is 4.08. The summed E-state index contributed by atoms with van der Waals surface area (Å²) < 4.78 is 2.21. The lowest BCUT2D eigenvalue weighted by Crippen LogP contribution is -2.48. The Bertz CT molecular complexity index is 453. The first-order valence-electron chi connectivity index (χ1n) is 7.91. The molecule has 0 aromatic carbocycles. The van der Waals surface area contributed by atoms with Crippen molar-refractivity contribution in [3.05, 3.63) is 17.7 Å². The number of aromatic nitrogens is 2. The molecule has 4 aliphatic rings. The van der Waals surface area contributed by atoms with E-state index in [-0.39, 0.29) is 0 Å². The number of rotatable bonds is 3. The summed E-state index contributed by atoms with van der Waals surface area (Å²) in [6, 6.07) is 0. The monoisotopic (exact) mass is 259 g/mol. The fourth-order valence-electron chi connectivity index (χ4n) is 5.55. The third-order valence-corrected chi connectivity index (χ3v) is 5.92. The Labute approximate surface area is 115 Å². The van der Waals surface area contributed by atoms with Crippen molar-refractivity contribution < 1.29 is 0 Å². The smallest absolute Gasteiger partial charge is 0.109 e. The second-order valence-corrected chi connectivity index (χ2v) is 7.39. The van der Waals surface area contributed by atoms with Gasteiger partial charge in [0.2, 0.25) is 0 Å². The van der Waals surface area contributed by atoms with Crippen molar-refractivity contribution in [2.75, 3.05) is 6.54 Å². The largest absolute Gasteiger partial charge is 0.338 e. The van der Waals surface area contributed by atoms with Crippen molar-refractivity contribution in [1.82, 2.24) is 9.55 Å². The first-order valence-corrected chi connectivity index (χ1v) is 7.91. The van der Waals surface area contributed by atoms with E-state index in [1.807, 2.05) is 0 Å². The van der Waals surface area contributed by atoms with Crippen molar-refractivity contribution in [1.29, 1.82) is 0 Å². The number of nitrogens with zero attached hydrogens (tertiary/aromatic N) is 2. The highest BCUT2D eigenvalue weighted by molar-refractivity contribution is 5.23. The lowest BCUT2D eigenvalue weighted by Gasteiger charge is -2.56. The molecule has 0 aliphatic heterocycles. The number of hydrogen-bond donors (Lipinski definition) is 1. The summed E-state index contributed by atoms with van der Waals surface area (Å²) in [7, 11) is 2.13. The predicted octanol–water partition coefficient (Wildman–Crippen LogP) is 2.39. The molecular weight excluding hydrogens is 234 g/mol. The van der Waals surface area contributed by atoms with Crippen molar-refractivity contribution in [2.45, 2.75) is 50.4 Å². The minimum Gasteiger partial charge on any atom is -0.338 e. The quantitative estimate of drug-likeness (QED) is 0.906. The number of hydrogen-bond acceptors (Lipinski definition) is 2. The molecule has 104 valence electrons. The first-order chi connectivity index (χ1) is 9.18. The molecule has 3 heteroatoms. The Morgan fingerprint density at radius 3 is 2.32 bits per heavy atom. The van der Waals surface area contributed by atoms with Crippen molar-refractivity contribution in [3.63, 3.8) is 0 Å². The fraction of sp³-hybridized carbons (Fsp3) is 0.812. The third-order valence-electron chi connectivity index (χ3n) is 5.92. The Morgan fingerprint density at radius 2 is 1.79 bits per heavy atom. The van der Waals surface area contributed by atoms with Gasteiger partial charge in [0.1, 0.15) is 5.82 Å². The normalized spacial score (nSPS) is 40.0. The van der Waals surface area contributed by atoms with Crippen LogP contribution in [0.3, 0.4) is 0 Å². The van der Waals surface area contributed by atoms with E-state index in [4.69, 9.17) is 10.7 Å². The van der Waals surface area contributed by atoms with Crippen molar-refractivity contribution >= 4 is 0 Å². The summed E-state index contributed by atoms with van der Waals surface area (Å²) in [5, 5.41) is 0. The molecule has 1 aromatic heterocycles. The van der Waals surface area contributed by atoms with Crippen LogP contribution in [0.15, 0.2) is 6.20 Å². The van der Waals surface area contributed by atoms with E-state index >= 15 is 0 Å². The number of aryl methyl sites for hydroxylation is 1. The van der Waals surface area contributed by atoms with Crippen LogP contribution in [0.4, 0.5) is 0 Å². The minimum absolute atomic E-state index is 0.430. The van der Waals surface area contributed by atoms with Gasteiger partial charge in [0.15, 0.2) is 0 Å². The maximum Gasteiger partial charge on any atom is 0.109 e. The van der Waals surface area contributed by atoms with Crippen molar-refractivity contribution in [3.8, 4) is 0 Å². The van der Waals surface area contributed by atoms with Crippen LogP contribution in [0, 0.1) is 17.8 Å². The second-order valence-electron chi connectivity index (χ2n) is 7.39. The van der Waals surface area contributed by atoms with Gasteiger partial charge in [-0.05, 0) is 62.8 Å². The molecule has 3 nitrogen and oxygen atoms in total. The fourth-order valence-corrected chi connectivity index (χ4v) is 5.55. The van der Waals surface area contributed by atoms with Gasteiger partial charge < -0.3 is 10.3 Å². The maximum absolute atomic E-state index is 5.69. The zero-order valence-electron chi connectivity index (χ0n) is 11.9. The van der Waals surface area contributed by atoms with Crippen LogP contribution in [0.5, 0.6) is 0 Å². The van der Waals surface area contributed by atoms with Gasteiger partial charge in [-0.3, -0.25) is 0 Å². The first kappa shape index (κ1) is 12.0. The van der Waals surface area contributed by atoms with E-state index in [9.17, 15) is 0 Å². The summed E-state index contributed by atoms with van der Waals surface area (Å²) in [5.74, 6) is 4.15. The summed E-state index contributed by atoms with van der Waals surface area (Å²) in [6.45, 7) is 0.700. The van der Waals surface area contributed by atoms with Crippen LogP contribution in [0.25, 0.3) is 0 Å². The molecular formula is C16H25N3. The summed E-state index contributed by atoms with van der Waals surface area (Å²) in [4.78, 5) is 4.97. The van der Waals surface area contributed by atoms with E-state index in [1.54, 1.807) is 0 Å². The van der Waals surface area contributed by atoms with Crippen LogP contribution in [0.2, 0.25) is 0 Å².